The van der Waals surface area contributed by atoms with Crippen LogP contribution in [-0.2, 0) is 13.5 Å². The minimum absolute atomic E-state index is 0.116. The van der Waals surface area contributed by atoms with Crippen LogP contribution in [0.4, 0.5) is 11.6 Å². The number of nitrogens with zero attached hydrogens (tertiary/aromatic N) is 3. The van der Waals surface area contributed by atoms with Crippen molar-refractivity contribution in [3.63, 3.8) is 0 Å². The molecular weight excluding hydrogens is 244 g/mol. The number of rotatable bonds is 4. The van der Waals surface area contributed by atoms with Crippen LogP contribution in [0.15, 0.2) is 30.6 Å². The molecule has 0 saturated carbocycles. The number of hydrogen-bond acceptors (Lipinski definition) is 4. The number of fused-ring (bicyclic) bond motifs is 1. The average molecular weight is 258 g/mol. The predicted molar refractivity (Wildman–Crippen MR) is 71.2 cm³/mol. The minimum atomic E-state index is -0.461. The van der Waals surface area contributed by atoms with Crippen molar-refractivity contribution in [3.8, 4) is 0 Å². The number of nitrogens with one attached hydrogen (secondary N) is 1. The van der Waals surface area contributed by atoms with E-state index in [1.165, 1.54) is 17.5 Å². The quantitative estimate of drug-likeness (QED) is 0.673. The second kappa shape index (κ2) is 4.38. The van der Waals surface area contributed by atoms with E-state index in [-0.39, 0.29) is 5.82 Å². The first kappa shape index (κ1) is 11.7. The van der Waals surface area contributed by atoms with E-state index in [2.05, 4.69) is 22.4 Å². The number of nitro groups is 1. The number of imidazole rings is 1. The maximum atomic E-state index is 10.9. The topological polar surface area (TPSA) is 73.0 Å². The number of hydrogen-bond donors (Lipinski definition) is 1. The van der Waals surface area contributed by atoms with Gasteiger partial charge in [0.2, 0.25) is 12.1 Å². The van der Waals surface area contributed by atoms with Gasteiger partial charge in [-0.2, -0.15) is 0 Å². The molecule has 1 aliphatic rings. The molecule has 19 heavy (non-hydrogen) atoms. The normalized spacial score (nSPS) is 16.6. The van der Waals surface area contributed by atoms with Crippen LogP contribution in [0.2, 0.25) is 0 Å². The molecule has 6 heteroatoms. The van der Waals surface area contributed by atoms with Gasteiger partial charge in [0.15, 0.2) is 0 Å². The Hall–Kier alpha value is -2.37. The summed E-state index contributed by atoms with van der Waals surface area (Å²) in [6, 6.07) is 8.30. The molecule has 0 saturated heterocycles. The molecule has 0 aliphatic heterocycles. The highest BCUT2D eigenvalue weighted by atomic mass is 16.6. The van der Waals surface area contributed by atoms with E-state index in [0.29, 0.717) is 18.3 Å². The molecule has 0 radical (unpaired) electrons. The first-order chi connectivity index (χ1) is 9.16. The molecule has 1 atom stereocenters. The Morgan fingerprint density at radius 3 is 3.05 bits per heavy atom. The van der Waals surface area contributed by atoms with Crippen molar-refractivity contribution >= 4 is 11.6 Å². The van der Waals surface area contributed by atoms with Gasteiger partial charge in [-0.3, -0.25) is 4.57 Å². The van der Waals surface area contributed by atoms with Gasteiger partial charge in [-0.15, -0.1) is 0 Å². The maximum absolute atomic E-state index is 10.9. The van der Waals surface area contributed by atoms with Gasteiger partial charge in [0, 0.05) is 19.5 Å². The summed E-state index contributed by atoms with van der Waals surface area (Å²) >= 11 is 0. The lowest BCUT2D eigenvalue weighted by atomic mass is 9.77. The highest BCUT2D eigenvalue weighted by Crippen LogP contribution is 2.35. The standard InChI is InChI=1S/C13H14N4O2/c1-16-8-15-13(17(18)19)12(16)14-7-10-6-9-4-2-3-5-11(9)10/h2-5,8,10,14H,6-7H2,1H3. The first-order valence-electron chi connectivity index (χ1n) is 6.14. The molecule has 1 aromatic carbocycles. The Balaban J connectivity index is 1.72. The Kier molecular flexibility index (Phi) is 2.70. The molecular formula is C13H14N4O2. The molecule has 1 aliphatic carbocycles. The third-order valence-corrected chi connectivity index (χ3v) is 3.57. The average Bonchev–Trinajstić information content (AvgIpc) is 2.72. The van der Waals surface area contributed by atoms with Gasteiger partial charge in [0.1, 0.15) is 0 Å². The minimum Gasteiger partial charge on any atom is -0.364 e. The van der Waals surface area contributed by atoms with Crippen molar-refractivity contribution < 1.29 is 4.92 Å². The molecule has 1 aromatic heterocycles. The van der Waals surface area contributed by atoms with E-state index in [9.17, 15) is 10.1 Å². The first-order valence-corrected chi connectivity index (χ1v) is 6.14. The predicted octanol–water partition coefficient (Wildman–Crippen LogP) is 2.08. The number of aryl methyl sites for hydroxylation is 1. The van der Waals surface area contributed by atoms with Crippen molar-refractivity contribution in [3.05, 3.63) is 51.8 Å². The van der Waals surface area contributed by atoms with E-state index >= 15 is 0 Å². The molecule has 98 valence electrons. The second-order valence-electron chi connectivity index (χ2n) is 4.77. The van der Waals surface area contributed by atoms with E-state index in [1.807, 2.05) is 12.1 Å². The largest absolute Gasteiger partial charge is 0.406 e. The maximum Gasteiger partial charge on any atom is 0.406 e. The number of aromatic nitrogens is 2. The lowest BCUT2D eigenvalue weighted by Gasteiger charge is -2.30. The molecule has 1 N–H and O–H groups in total. The highest BCUT2D eigenvalue weighted by Gasteiger charge is 2.27. The van der Waals surface area contributed by atoms with E-state index in [0.717, 1.165) is 6.42 Å². The lowest BCUT2D eigenvalue weighted by molar-refractivity contribution is -0.388. The van der Waals surface area contributed by atoms with Gasteiger partial charge < -0.3 is 15.4 Å². The summed E-state index contributed by atoms with van der Waals surface area (Å²) in [6.07, 6.45) is 2.48. The van der Waals surface area contributed by atoms with Crippen LogP contribution in [-0.4, -0.2) is 21.0 Å². The molecule has 0 amide bonds. The van der Waals surface area contributed by atoms with Gasteiger partial charge in [0.25, 0.3) is 0 Å². The van der Waals surface area contributed by atoms with Crippen molar-refractivity contribution in [1.82, 2.24) is 9.55 Å². The fourth-order valence-corrected chi connectivity index (χ4v) is 2.52. The zero-order chi connectivity index (χ0) is 13.4. The highest BCUT2D eigenvalue weighted by molar-refractivity contribution is 5.53. The summed E-state index contributed by atoms with van der Waals surface area (Å²) in [4.78, 5) is 14.2. The van der Waals surface area contributed by atoms with Gasteiger partial charge in [-0.1, -0.05) is 24.3 Å². The summed E-state index contributed by atoms with van der Waals surface area (Å²) < 4.78 is 1.64. The Bertz CT molecular complexity index is 635. The van der Waals surface area contributed by atoms with Crippen molar-refractivity contribution in [2.24, 2.45) is 7.05 Å². The summed E-state index contributed by atoms with van der Waals surface area (Å²) in [7, 11) is 1.75. The van der Waals surface area contributed by atoms with Gasteiger partial charge in [-0.25, -0.2) is 0 Å². The van der Waals surface area contributed by atoms with Crippen molar-refractivity contribution in [2.45, 2.75) is 12.3 Å². The van der Waals surface area contributed by atoms with Crippen LogP contribution in [0, 0.1) is 10.1 Å². The monoisotopic (exact) mass is 258 g/mol. The fraction of sp³-hybridized carbons (Fsp3) is 0.308. The van der Waals surface area contributed by atoms with Crippen LogP contribution in [0.1, 0.15) is 17.0 Å². The Morgan fingerprint density at radius 2 is 2.32 bits per heavy atom. The van der Waals surface area contributed by atoms with Crippen LogP contribution in [0.25, 0.3) is 0 Å². The van der Waals surface area contributed by atoms with Crippen LogP contribution < -0.4 is 5.32 Å². The fourth-order valence-electron chi connectivity index (χ4n) is 2.52. The third kappa shape index (κ3) is 1.95. The smallest absolute Gasteiger partial charge is 0.364 e. The molecule has 2 aromatic rings. The summed E-state index contributed by atoms with van der Waals surface area (Å²) in [5.74, 6) is 0.773. The lowest BCUT2D eigenvalue weighted by Crippen LogP contribution is -2.25. The number of anilines is 1. The summed E-state index contributed by atoms with van der Waals surface area (Å²) in [5, 5.41) is 14.0. The Labute approximate surface area is 110 Å². The van der Waals surface area contributed by atoms with Crippen LogP contribution in [0.3, 0.4) is 0 Å². The molecule has 1 unspecified atom stereocenters. The second-order valence-corrected chi connectivity index (χ2v) is 4.77. The summed E-state index contributed by atoms with van der Waals surface area (Å²) in [6.45, 7) is 0.692. The Morgan fingerprint density at radius 1 is 1.53 bits per heavy atom. The van der Waals surface area contributed by atoms with Crippen molar-refractivity contribution in [1.29, 1.82) is 0 Å². The molecule has 0 spiro atoms. The SMILES string of the molecule is Cn1cnc([N+](=O)[O-])c1NCC1Cc2ccccc21. The van der Waals surface area contributed by atoms with E-state index in [1.54, 1.807) is 11.6 Å². The zero-order valence-corrected chi connectivity index (χ0v) is 10.5. The molecule has 0 bridgehead atoms. The van der Waals surface area contributed by atoms with Gasteiger partial charge in [0.05, 0.1) is 0 Å². The zero-order valence-electron chi connectivity index (χ0n) is 10.5. The molecule has 0 fully saturated rings. The molecule has 6 nitrogen and oxygen atoms in total. The van der Waals surface area contributed by atoms with Crippen molar-refractivity contribution in [2.75, 3.05) is 11.9 Å². The third-order valence-electron chi connectivity index (χ3n) is 3.57. The molecule has 3 rings (SSSR count). The van der Waals surface area contributed by atoms with E-state index in [4.69, 9.17) is 0 Å². The van der Waals surface area contributed by atoms with Crippen LogP contribution >= 0.6 is 0 Å². The van der Waals surface area contributed by atoms with Crippen LogP contribution in [0.5, 0.6) is 0 Å². The van der Waals surface area contributed by atoms with Gasteiger partial charge in [-0.05, 0) is 27.5 Å². The van der Waals surface area contributed by atoms with E-state index < -0.39 is 4.92 Å². The number of benzene rings is 1. The summed E-state index contributed by atoms with van der Waals surface area (Å²) in [5.41, 5.74) is 2.70. The van der Waals surface area contributed by atoms with Gasteiger partial charge >= 0.3 is 5.82 Å². The molecule has 1 heterocycles.